The topological polar surface area (TPSA) is 62.4 Å². The molecule has 1 aliphatic heterocycles. The monoisotopic (exact) mass is 300 g/mol. The van der Waals surface area contributed by atoms with Crippen molar-refractivity contribution in [3.05, 3.63) is 35.5 Å². The Balaban J connectivity index is 1.71. The molecule has 0 aliphatic carbocycles. The molecule has 1 aromatic carbocycles. The van der Waals surface area contributed by atoms with Gasteiger partial charge in [0.15, 0.2) is 0 Å². The van der Waals surface area contributed by atoms with E-state index in [1.165, 1.54) is 18.1 Å². The summed E-state index contributed by atoms with van der Waals surface area (Å²) in [6.07, 6.45) is 1.05. The Bertz CT molecular complexity index is 720. The van der Waals surface area contributed by atoms with Crippen LogP contribution in [0, 0.1) is 12.8 Å². The fraction of sp³-hybridized carbons (Fsp3) is 0.412. The van der Waals surface area contributed by atoms with E-state index in [9.17, 15) is 9.59 Å². The summed E-state index contributed by atoms with van der Waals surface area (Å²) in [7, 11) is 1.37. The number of aromatic nitrogens is 1. The molecular formula is C17H20N2O3. The number of carbonyl (C=O) groups excluding carboxylic acids is 2. The Labute approximate surface area is 129 Å². The molecule has 22 heavy (non-hydrogen) atoms. The second kappa shape index (κ2) is 5.83. The minimum Gasteiger partial charge on any atom is -0.469 e. The van der Waals surface area contributed by atoms with E-state index in [0.29, 0.717) is 13.1 Å². The Morgan fingerprint density at radius 2 is 2.18 bits per heavy atom. The average Bonchev–Trinajstić information content (AvgIpc) is 3.04. The number of nitrogens with one attached hydrogen (secondary N) is 1. The molecular weight excluding hydrogens is 280 g/mol. The van der Waals surface area contributed by atoms with Gasteiger partial charge >= 0.3 is 5.97 Å². The summed E-state index contributed by atoms with van der Waals surface area (Å²) in [5.74, 6) is -0.575. The van der Waals surface area contributed by atoms with Crippen LogP contribution in [-0.4, -0.2) is 42.0 Å². The van der Waals surface area contributed by atoms with Gasteiger partial charge in [-0.3, -0.25) is 9.59 Å². The first-order valence-electron chi connectivity index (χ1n) is 7.52. The maximum Gasteiger partial charge on any atom is 0.310 e. The molecule has 1 N–H and O–H groups in total. The number of likely N-dealkylation sites (tertiary alicyclic amines) is 1. The van der Waals surface area contributed by atoms with Gasteiger partial charge in [-0.05, 0) is 25.0 Å². The van der Waals surface area contributed by atoms with Crippen LogP contribution >= 0.6 is 0 Å². The fourth-order valence-electron chi connectivity index (χ4n) is 3.22. The standard InChI is InChI=1S/C17H20N2O3/c1-11-13(14-5-3-4-6-15(14)18-11)7-8-19-10-12(9-16(19)20)17(21)22-2/h3-6,12,18H,7-10H2,1-2H3. The van der Waals surface area contributed by atoms with Gasteiger partial charge in [-0.15, -0.1) is 0 Å². The molecule has 5 heteroatoms. The van der Waals surface area contributed by atoms with Gasteiger partial charge in [0.2, 0.25) is 5.91 Å². The number of H-pyrrole nitrogens is 1. The van der Waals surface area contributed by atoms with Crippen molar-refractivity contribution in [3.63, 3.8) is 0 Å². The molecule has 1 atom stereocenters. The van der Waals surface area contributed by atoms with E-state index >= 15 is 0 Å². The van der Waals surface area contributed by atoms with Crippen LogP contribution in [0.25, 0.3) is 10.9 Å². The quantitative estimate of drug-likeness (QED) is 0.879. The molecule has 0 radical (unpaired) electrons. The van der Waals surface area contributed by atoms with Crippen LogP contribution in [0.1, 0.15) is 17.7 Å². The number of benzene rings is 1. The van der Waals surface area contributed by atoms with Crippen molar-refractivity contribution in [2.75, 3.05) is 20.2 Å². The van der Waals surface area contributed by atoms with Gasteiger partial charge in [0, 0.05) is 36.1 Å². The Morgan fingerprint density at radius 1 is 1.41 bits per heavy atom. The van der Waals surface area contributed by atoms with Crippen LogP contribution < -0.4 is 0 Å². The lowest BCUT2D eigenvalue weighted by atomic mass is 10.1. The third-order valence-electron chi connectivity index (χ3n) is 4.41. The molecule has 1 aromatic heterocycles. The van der Waals surface area contributed by atoms with Crippen LogP contribution in [-0.2, 0) is 20.7 Å². The van der Waals surface area contributed by atoms with Crippen molar-refractivity contribution in [3.8, 4) is 0 Å². The first kappa shape index (κ1) is 14.6. The SMILES string of the molecule is COC(=O)C1CC(=O)N(CCc2c(C)[nH]c3ccccc23)C1. The van der Waals surface area contributed by atoms with E-state index in [4.69, 9.17) is 4.74 Å². The van der Waals surface area contributed by atoms with Crippen LogP contribution in [0.2, 0.25) is 0 Å². The maximum absolute atomic E-state index is 12.0. The molecule has 2 aromatic rings. The van der Waals surface area contributed by atoms with Crippen molar-refractivity contribution in [1.82, 2.24) is 9.88 Å². The summed E-state index contributed by atoms with van der Waals surface area (Å²) in [5, 5.41) is 1.20. The number of ether oxygens (including phenoxy) is 1. The Kier molecular flexibility index (Phi) is 3.88. The summed E-state index contributed by atoms with van der Waals surface area (Å²) in [5.41, 5.74) is 3.50. The number of hydrogen-bond acceptors (Lipinski definition) is 3. The highest BCUT2D eigenvalue weighted by atomic mass is 16.5. The van der Waals surface area contributed by atoms with E-state index in [1.54, 1.807) is 4.90 Å². The van der Waals surface area contributed by atoms with Crippen LogP contribution in [0.15, 0.2) is 24.3 Å². The fourth-order valence-corrected chi connectivity index (χ4v) is 3.22. The smallest absolute Gasteiger partial charge is 0.310 e. The van der Waals surface area contributed by atoms with Crippen LogP contribution in [0.4, 0.5) is 0 Å². The Hall–Kier alpha value is -2.30. The molecule has 3 rings (SSSR count). The summed E-state index contributed by atoms with van der Waals surface area (Å²) in [4.78, 5) is 28.7. The van der Waals surface area contributed by atoms with Crippen LogP contribution in [0.5, 0.6) is 0 Å². The van der Waals surface area contributed by atoms with Crippen molar-refractivity contribution in [2.24, 2.45) is 5.92 Å². The first-order chi connectivity index (χ1) is 10.6. The zero-order valence-corrected chi connectivity index (χ0v) is 12.9. The Morgan fingerprint density at radius 3 is 2.95 bits per heavy atom. The van der Waals surface area contributed by atoms with Gasteiger partial charge in [0.25, 0.3) is 0 Å². The zero-order chi connectivity index (χ0) is 15.7. The van der Waals surface area contributed by atoms with E-state index in [1.807, 2.05) is 12.1 Å². The highest BCUT2D eigenvalue weighted by molar-refractivity contribution is 5.87. The van der Waals surface area contributed by atoms with E-state index in [0.717, 1.165) is 17.6 Å². The summed E-state index contributed by atoms with van der Waals surface area (Å²) < 4.78 is 4.74. The second-order valence-corrected chi connectivity index (χ2v) is 5.79. The zero-order valence-electron chi connectivity index (χ0n) is 12.9. The third-order valence-corrected chi connectivity index (χ3v) is 4.41. The van der Waals surface area contributed by atoms with E-state index in [-0.39, 0.29) is 24.2 Å². The lowest BCUT2D eigenvalue weighted by molar-refractivity contribution is -0.145. The molecule has 0 spiro atoms. The van der Waals surface area contributed by atoms with Gasteiger partial charge < -0.3 is 14.6 Å². The number of rotatable bonds is 4. The number of methoxy groups -OCH3 is 1. The molecule has 0 bridgehead atoms. The molecule has 1 unspecified atom stereocenters. The first-order valence-corrected chi connectivity index (χ1v) is 7.52. The number of fused-ring (bicyclic) bond motifs is 1. The third kappa shape index (κ3) is 2.58. The van der Waals surface area contributed by atoms with Gasteiger partial charge in [-0.25, -0.2) is 0 Å². The number of aromatic amines is 1. The molecule has 1 aliphatic rings. The normalized spacial score (nSPS) is 18.2. The molecule has 0 saturated carbocycles. The minimum atomic E-state index is -0.318. The van der Waals surface area contributed by atoms with Gasteiger partial charge in [0.05, 0.1) is 13.0 Å². The molecule has 1 saturated heterocycles. The lowest BCUT2D eigenvalue weighted by Gasteiger charge is -2.16. The van der Waals surface area contributed by atoms with Crippen molar-refractivity contribution < 1.29 is 14.3 Å². The maximum atomic E-state index is 12.0. The number of amides is 1. The van der Waals surface area contributed by atoms with E-state index in [2.05, 4.69) is 24.0 Å². The predicted octanol–water partition coefficient (Wildman–Crippen LogP) is 2.04. The average molecular weight is 300 g/mol. The van der Waals surface area contributed by atoms with Crippen molar-refractivity contribution in [2.45, 2.75) is 19.8 Å². The number of para-hydroxylation sites is 1. The predicted molar refractivity (Wildman–Crippen MR) is 83.4 cm³/mol. The summed E-state index contributed by atoms with van der Waals surface area (Å²) >= 11 is 0. The van der Waals surface area contributed by atoms with Gasteiger partial charge in [-0.2, -0.15) is 0 Å². The molecule has 1 fully saturated rings. The van der Waals surface area contributed by atoms with Crippen molar-refractivity contribution in [1.29, 1.82) is 0 Å². The molecule has 116 valence electrons. The van der Waals surface area contributed by atoms with Crippen molar-refractivity contribution >= 4 is 22.8 Å². The highest BCUT2D eigenvalue weighted by Gasteiger charge is 2.34. The highest BCUT2D eigenvalue weighted by Crippen LogP contribution is 2.24. The largest absolute Gasteiger partial charge is 0.469 e. The number of aryl methyl sites for hydroxylation is 1. The van der Waals surface area contributed by atoms with E-state index < -0.39 is 0 Å². The number of esters is 1. The molecule has 5 nitrogen and oxygen atoms in total. The van der Waals surface area contributed by atoms with Gasteiger partial charge in [0.1, 0.15) is 0 Å². The summed E-state index contributed by atoms with van der Waals surface area (Å²) in [6.45, 7) is 3.15. The number of carbonyl (C=O) groups is 2. The molecule has 2 heterocycles. The lowest BCUT2D eigenvalue weighted by Crippen LogP contribution is -2.28. The van der Waals surface area contributed by atoms with Crippen LogP contribution in [0.3, 0.4) is 0 Å². The molecule has 1 amide bonds. The summed E-state index contributed by atoms with van der Waals surface area (Å²) in [6, 6.07) is 8.18. The minimum absolute atomic E-state index is 0.0351. The number of hydrogen-bond donors (Lipinski definition) is 1. The van der Waals surface area contributed by atoms with Gasteiger partial charge in [-0.1, -0.05) is 18.2 Å². The second-order valence-electron chi connectivity index (χ2n) is 5.79. The number of nitrogens with zero attached hydrogens (tertiary/aromatic N) is 1.